The van der Waals surface area contributed by atoms with Gasteiger partial charge in [-0.2, -0.15) is 0 Å². The van der Waals surface area contributed by atoms with E-state index in [9.17, 15) is 14.4 Å². The number of Topliss-reactive ketones (excluding diaryl/α,β-unsaturated/α-hetero) is 1. The average Bonchev–Trinajstić information content (AvgIpc) is 2.79. The number of carbonyl (C=O) groups is 3. The number of hydrogen-bond donors (Lipinski definition) is 1. The maximum absolute atomic E-state index is 12.8. The Balaban J connectivity index is 1.69. The third-order valence-corrected chi connectivity index (χ3v) is 5.46. The Labute approximate surface area is 195 Å². The Bertz CT molecular complexity index is 1020. The van der Waals surface area contributed by atoms with E-state index in [1.165, 1.54) is 4.90 Å². The summed E-state index contributed by atoms with van der Waals surface area (Å²) in [5.74, 6) is 1.12. The molecule has 0 saturated carbocycles. The molecule has 2 aromatic carbocycles. The minimum atomic E-state index is -0.326. The number of anilines is 1. The zero-order chi connectivity index (χ0) is 24.0. The zero-order valence-corrected chi connectivity index (χ0v) is 19.7. The van der Waals surface area contributed by atoms with Crippen molar-refractivity contribution in [1.29, 1.82) is 0 Å². The molecule has 1 aliphatic rings. The number of benzene rings is 2. The van der Waals surface area contributed by atoms with E-state index >= 15 is 0 Å². The lowest BCUT2D eigenvalue weighted by Crippen LogP contribution is -2.45. The predicted octanol–water partition coefficient (Wildman–Crippen LogP) is 3.96. The van der Waals surface area contributed by atoms with Crippen molar-refractivity contribution >= 4 is 23.3 Å². The van der Waals surface area contributed by atoms with Crippen molar-refractivity contribution in [3.63, 3.8) is 0 Å². The molecule has 0 aromatic heterocycles. The van der Waals surface area contributed by atoms with Crippen LogP contribution in [-0.2, 0) is 9.59 Å². The summed E-state index contributed by atoms with van der Waals surface area (Å²) in [4.78, 5) is 39.0. The summed E-state index contributed by atoms with van der Waals surface area (Å²) in [5, 5.41) is 2.84. The fourth-order valence-electron chi connectivity index (χ4n) is 3.44. The molecule has 1 heterocycles. The third-order valence-electron chi connectivity index (χ3n) is 5.46. The summed E-state index contributed by atoms with van der Waals surface area (Å²) in [6.45, 7) is 8.50. The lowest BCUT2D eigenvalue weighted by atomic mass is 10.0. The second-order valence-corrected chi connectivity index (χ2v) is 8.92. The number of ether oxygens (including phenoxy) is 2. The molecule has 2 aromatic rings. The molecule has 3 rings (SSSR count). The fraction of sp³-hybridized carbons (Fsp3) is 0.423. The van der Waals surface area contributed by atoms with E-state index in [1.807, 2.05) is 24.3 Å². The summed E-state index contributed by atoms with van der Waals surface area (Å²) in [6, 6.07) is 12.6. The summed E-state index contributed by atoms with van der Waals surface area (Å²) in [5.41, 5.74) is 1.93. The first kappa shape index (κ1) is 24.3. The normalized spacial score (nSPS) is 13.0. The van der Waals surface area contributed by atoms with Gasteiger partial charge in [0.05, 0.1) is 5.69 Å². The first-order valence-corrected chi connectivity index (χ1v) is 11.3. The van der Waals surface area contributed by atoms with Gasteiger partial charge in [-0.15, -0.1) is 0 Å². The Kier molecular flexibility index (Phi) is 8.09. The van der Waals surface area contributed by atoms with Crippen LogP contribution >= 0.6 is 0 Å². The van der Waals surface area contributed by atoms with E-state index < -0.39 is 0 Å². The van der Waals surface area contributed by atoms with Gasteiger partial charge in [-0.1, -0.05) is 39.8 Å². The Morgan fingerprint density at radius 3 is 2.64 bits per heavy atom. The Morgan fingerprint density at radius 1 is 1.12 bits per heavy atom. The largest absolute Gasteiger partial charge is 0.485 e. The van der Waals surface area contributed by atoms with Gasteiger partial charge in [0.15, 0.2) is 19.0 Å². The van der Waals surface area contributed by atoms with Crippen LogP contribution in [0.1, 0.15) is 56.0 Å². The van der Waals surface area contributed by atoms with Gasteiger partial charge in [0.1, 0.15) is 18.0 Å². The maximum Gasteiger partial charge on any atom is 0.265 e. The number of amides is 2. The van der Waals surface area contributed by atoms with Gasteiger partial charge >= 0.3 is 0 Å². The average molecular weight is 453 g/mol. The molecular weight excluding hydrogens is 420 g/mol. The van der Waals surface area contributed by atoms with E-state index in [1.54, 1.807) is 18.2 Å². The highest BCUT2D eigenvalue weighted by Gasteiger charge is 2.28. The molecule has 2 amide bonds. The van der Waals surface area contributed by atoms with Crippen molar-refractivity contribution in [3.8, 4) is 11.5 Å². The number of hydrogen-bond acceptors (Lipinski definition) is 5. The third kappa shape index (κ3) is 6.57. The first-order valence-electron chi connectivity index (χ1n) is 11.3. The summed E-state index contributed by atoms with van der Waals surface area (Å²) in [7, 11) is 0. The maximum atomic E-state index is 12.8. The van der Waals surface area contributed by atoms with Crippen molar-refractivity contribution in [3.05, 3.63) is 53.6 Å². The van der Waals surface area contributed by atoms with E-state index in [0.717, 1.165) is 12.0 Å². The predicted molar refractivity (Wildman–Crippen MR) is 127 cm³/mol. The molecule has 7 nitrogen and oxygen atoms in total. The van der Waals surface area contributed by atoms with Gasteiger partial charge in [0.2, 0.25) is 5.91 Å². The van der Waals surface area contributed by atoms with Crippen molar-refractivity contribution in [2.45, 2.75) is 40.0 Å². The minimum Gasteiger partial charge on any atom is -0.485 e. The van der Waals surface area contributed by atoms with Gasteiger partial charge in [0.25, 0.3) is 5.91 Å². The molecular formula is C26H32N2O5. The number of nitrogens with zero attached hydrogens (tertiary/aromatic N) is 1. The number of carbonyl (C=O) groups excluding carboxylic acids is 3. The number of nitrogens with one attached hydrogen (secondary N) is 1. The molecule has 33 heavy (non-hydrogen) atoms. The number of rotatable bonds is 10. The number of fused-ring (bicyclic) bond motifs is 1. The fourth-order valence-corrected chi connectivity index (χ4v) is 3.44. The van der Waals surface area contributed by atoms with Crippen LogP contribution in [0, 0.1) is 5.92 Å². The molecule has 176 valence electrons. The topological polar surface area (TPSA) is 84.9 Å². The summed E-state index contributed by atoms with van der Waals surface area (Å²) in [6.07, 6.45) is 0.859. The van der Waals surface area contributed by atoms with Crippen LogP contribution in [0.25, 0.3) is 0 Å². The van der Waals surface area contributed by atoms with Crippen LogP contribution < -0.4 is 19.7 Å². The summed E-state index contributed by atoms with van der Waals surface area (Å²) >= 11 is 0. The molecule has 0 bridgehead atoms. The second kappa shape index (κ2) is 11.0. The lowest BCUT2D eigenvalue weighted by molar-refractivity contribution is -0.125. The van der Waals surface area contributed by atoms with E-state index in [4.69, 9.17) is 9.47 Å². The Morgan fingerprint density at radius 2 is 1.91 bits per heavy atom. The van der Waals surface area contributed by atoms with Crippen LogP contribution in [0.5, 0.6) is 11.5 Å². The van der Waals surface area contributed by atoms with Crippen LogP contribution in [0.15, 0.2) is 42.5 Å². The number of ketones is 1. The molecule has 0 atom stereocenters. The lowest BCUT2D eigenvalue weighted by Gasteiger charge is -2.29. The van der Waals surface area contributed by atoms with Crippen molar-refractivity contribution in [2.24, 2.45) is 5.92 Å². The van der Waals surface area contributed by atoms with Gasteiger partial charge in [0, 0.05) is 12.1 Å². The molecule has 0 radical (unpaired) electrons. The van der Waals surface area contributed by atoms with Gasteiger partial charge in [-0.3, -0.25) is 19.3 Å². The SMILES string of the molecule is CC(C)CCNC(=O)CN1C(=O)COc2ccc(C(=O)COc3cccc(C(C)C)c3)cc21. The van der Waals surface area contributed by atoms with Gasteiger partial charge < -0.3 is 14.8 Å². The van der Waals surface area contributed by atoms with Gasteiger partial charge in [-0.25, -0.2) is 0 Å². The highest BCUT2D eigenvalue weighted by Crippen LogP contribution is 2.33. The van der Waals surface area contributed by atoms with E-state index in [-0.39, 0.29) is 37.4 Å². The quantitative estimate of drug-likeness (QED) is 0.552. The highest BCUT2D eigenvalue weighted by atomic mass is 16.5. The van der Waals surface area contributed by atoms with Crippen LogP contribution in [0.2, 0.25) is 0 Å². The molecule has 0 fully saturated rings. The van der Waals surface area contributed by atoms with Crippen LogP contribution in [-0.4, -0.2) is 43.9 Å². The van der Waals surface area contributed by atoms with E-state index in [2.05, 4.69) is 33.0 Å². The Hall–Kier alpha value is -3.35. The zero-order valence-electron chi connectivity index (χ0n) is 19.7. The minimum absolute atomic E-state index is 0.122. The molecule has 0 spiro atoms. The van der Waals surface area contributed by atoms with Crippen molar-refractivity contribution < 1.29 is 23.9 Å². The molecule has 1 N–H and O–H groups in total. The highest BCUT2D eigenvalue weighted by molar-refractivity contribution is 6.04. The monoisotopic (exact) mass is 452 g/mol. The summed E-state index contributed by atoms with van der Waals surface area (Å²) < 4.78 is 11.2. The van der Waals surface area contributed by atoms with Crippen LogP contribution in [0.4, 0.5) is 5.69 Å². The first-order chi connectivity index (χ1) is 15.7. The molecule has 1 aliphatic heterocycles. The smallest absolute Gasteiger partial charge is 0.265 e. The van der Waals surface area contributed by atoms with Crippen LogP contribution in [0.3, 0.4) is 0 Å². The molecule has 0 unspecified atom stereocenters. The standard InChI is InChI=1S/C26H32N2O5/c1-17(2)10-11-27-25(30)14-28-22-13-20(8-9-24(22)33-16-26(28)31)23(29)15-32-21-7-5-6-19(12-21)18(3)4/h5-9,12-13,17-18H,10-11,14-16H2,1-4H3,(H,27,30). The molecule has 7 heteroatoms. The van der Waals surface area contributed by atoms with Gasteiger partial charge in [-0.05, 0) is 54.2 Å². The molecule has 0 aliphatic carbocycles. The molecule has 0 saturated heterocycles. The van der Waals surface area contributed by atoms with E-state index in [0.29, 0.717) is 41.1 Å². The second-order valence-electron chi connectivity index (χ2n) is 8.92. The van der Waals surface area contributed by atoms with Crippen molar-refractivity contribution in [2.75, 3.05) is 31.2 Å². The van der Waals surface area contributed by atoms with Crippen molar-refractivity contribution in [1.82, 2.24) is 5.32 Å².